The largest absolute Gasteiger partial charge is 0.294 e. The van der Waals surface area contributed by atoms with Crippen molar-refractivity contribution in [2.24, 2.45) is 0 Å². The zero-order valence-electron chi connectivity index (χ0n) is 5.19. The molecule has 2 aromatic heterocycles. The summed E-state index contributed by atoms with van der Waals surface area (Å²) in [5.74, 6) is 1.71. The first-order chi connectivity index (χ1) is 4.92. The van der Waals surface area contributed by atoms with Gasteiger partial charge in [0, 0.05) is 17.3 Å². The van der Waals surface area contributed by atoms with Gasteiger partial charge in [-0.05, 0) is 0 Å². The number of thiol groups is 1. The summed E-state index contributed by atoms with van der Waals surface area (Å²) in [6.07, 6.45) is 3.88. The van der Waals surface area contributed by atoms with Crippen molar-refractivity contribution >= 4 is 28.8 Å². The molecule has 10 heavy (non-hydrogen) atoms. The number of hydrogen-bond acceptors (Lipinski definition) is 3. The highest BCUT2D eigenvalue weighted by Gasteiger charge is 1.99. The Labute approximate surface area is 67.9 Å². The molecule has 0 aromatic carbocycles. The minimum atomic E-state index is 0.699. The Morgan fingerprint density at radius 3 is 3.40 bits per heavy atom. The molecule has 0 spiro atoms. The Morgan fingerprint density at radius 2 is 2.60 bits per heavy atom. The van der Waals surface area contributed by atoms with Gasteiger partial charge in [0.25, 0.3) is 0 Å². The van der Waals surface area contributed by atoms with Crippen LogP contribution in [0, 0.1) is 0 Å². The number of imidazole rings is 1. The van der Waals surface area contributed by atoms with Crippen LogP contribution in [-0.2, 0) is 5.75 Å². The minimum Gasteiger partial charge on any atom is -0.294 e. The molecule has 0 atom stereocenters. The maximum absolute atomic E-state index is 4.17. The van der Waals surface area contributed by atoms with E-state index in [4.69, 9.17) is 0 Å². The highest BCUT2D eigenvalue weighted by atomic mass is 32.1. The second-order valence-electron chi connectivity index (χ2n) is 1.94. The number of rotatable bonds is 1. The summed E-state index contributed by atoms with van der Waals surface area (Å²) in [6, 6.07) is 0. The third-order valence-corrected chi connectivity index (χ3v) is 2.46. The van der Waals surface area contributed by atoms with Gasteiger partial charge in [-0.1, -0.05) is 0 Å². The van der Waals surface area contributed by atoms with Gasteiger partial charge in [-0.25, -0.2) is 4.98 Å². The van der Waals surface area contributed by atoms with Crippen LogP contribution in [0.3, 0.4) is 0 Å². The fraction of sp³-hybridized carbons (Fsp3) is 0.167. The molecule has 0 aliphatic carbocycles. The molecule has 0 saturated heterocycles. The third-order valence-electron chi connectivity index (χ3n) is 1.38. The fourth-order valence-electron chi connectivity index (χ4n) is 0.906. The maximum atomic E-state index is 4.17. The van der Waals surface area contributed by atoms with E-state index in [9.17, 15) is 0 Å². The molecule has 52 valence electrons. The van der Waals surface area contributed by atoms with Crippen LogP contribution >= 0.6 is 24.0 Å². The number of hydrogen-bond donors (Lipinski definition) is 1. The highest BCUT2D eigenvalue weighted by Crippen LogP contribution is 2.13. The molecule has 0 radical (unpaired) electrons. The fourth-order valence-corrected chi connectivity index (χ4v) is 1.86. The summed E-state index contributed by atoms with van der Waals surface area (Å²) in [5, 5.41) is 2.05. The Morgan fingerprint density at radius 1 is 1.70 bits per heavy atom. The van der Waals surface area contributed by atoms with E-state index in [-0.39, 0.29) is 0 Å². The van der Waals surface area contributed by atoms with Crippen molar-refractivity contribution in [1.29, 1.82) is 0 Å². The lowest BCUT2D eigenvalue weighted by Gasteiger charge is -1.87. The predicted octanol–water partition coefficient (Wildman–Crippen LogP) is 1.83. The standard InChI is InChI=1S/C6H6N2S2/c9-4-5-7-3-6-8(5)1-2-10-6/h1-3,9H,4H2. The molecular formula is C6H6N2S2. The van der Waals surface area contributed by atoms with E-state index in [1.807, 2.05) is 17.8 Å². The summed E-state index contributed by atoms with van der Waals surface area (Å²) in [7, 11) is 0. The van der Waals surface area contributed by atoms with E-state index in [2.05, 4.69) is 22.0 Å². The highest BCUT2D eigenvalue weighted by molar-refractivity contribution is 7.79. The van der Waals surface area contributed by atoms with Crippen LogP contribution in [0.4, 0.5) is 0 Å². The van der Waals surface area contributed by atoms with Crippen molar-refractivity contribution in [3.8, 4) is 0 Å². The van der Waals surface area contributed by atoms with E-state index in [1.54, 1.807) is 11.3 Å². The average molecular weight is 170 g/mol. The zero-order valence-corrected chi connectivity index (χ0v) is 6.90. The van der Waals surface area contributed by atoms with Gasteiger partial charge in [0.1, 0.15) is 10.7 Å². The lowest BCUT2D eigenvalue weighted by molar-refractivity contribution is 1.04. The SMILES string of the molecule is SCc1ncc2sccn12. The van der Waals surface area contributed by atoms with Crippen LogP contribution in [0.5, 0.6) is 0 Å². The molecule has 0 fully saturated rings. The molecule has 2 heterocycles. The van der Waals surface area contributed by atoms with Crippen molar-refractivity contribution in [2.75, 3.05) is 0 Å². The average Bonchev–Trinajstić information content (AvgIpc) is 2.44. The Balaban J connectivity index is 2.76. The summed E-state index contributed by atoms with van der Waals surface area (Å²) in [5.41, 5.74) is 0. The van der Waals surface area contributed by atoms with E-state index in [0.717, 1.165) is 5.82 Å². The topological polar surface area (TPSA) is 17.3 Å². The summed E-state index contributed by atoms with van der Waals surface area (Å²) in [6.45, 7) is 0. The van der Waals surface area contributed by atoms with Crippen molar-refractivity contribution in [2.45, 2.75) is 5.75 Å². The van der Waals surface area contributed by atoms with Crippen molar-refractivity contribution in [3.05, 3.63) is 23.6 Å². The number of fused-ring (bicyclic) bond motifs is 1. The van der Waals surface area contributed by atoms with Crippen LogP contribution in [0.25, 0.3) is 4.83 Å². The smallest absolute Gasteiger partial charge is 0.123 e. The van der Waals surface area contributed by atoms with Gasteiger partial charge < -0.3 is 0 Å². The Kier molecular flexibility index (Phi) is 1.43. The molecule has 0 unspecified atom stereocenters. The molecular weight excluding hydrogens is 164 g/mol. The van der Waals surface area contributed by atoms with Gasteiger partial charge in [-0.2, -0.15) is 12.6 Å². The summed E-state index contributed by atoms with van der Waals surface area (Å²) < 4.78 is 2.05. The number of nitrogens with zero attached hydrogens (tertiary/aromatic N) is 2. The Bertz CT molecular complexity index is 336. The summed E-state index contributed by atoms with van der Waals surface area (Å²) in [4.78, 5) is 5.36. The molecule has 2 rings (SSSR count). The molecule has 0 bridgehead atoms. The van der Waals surface area contributed by atoms with Crippen LogP contribution in [0.2, 0.25) is 0 Å². The third kappa shape index (κ3) is 0.759. The second-order valence-corrected chi connectivity index (χ2v) is 3.19. The second kappa shape index (κ2) is 2.29. The quantitative estimate of drug-likeness (QED) is 0.646. The minimum absolute atomic E-state index is 0.699. The van der Waals surface area contributed by atoms with E-state index >= 15 is 0 Å². The first kappa shape index (κ1) is 6.24. The van der Waals surface area contributed by atoms with Crippen LogP contribution in [-0.4, -0.2) is 9.38 Å². The van der Waals surface area contributed by atoms with Crippen LogP contribution in [0.1, 0.15) is 5.82 Å². The van der Waals surface area contributed by atoms with Crippen LogP contribution < -0.4 is 0 Å². The molecule has 4 heteroatoms. The predicted molar refractivity (Wildman–Crippen MR) is 45.8 cm³/mol. The van der Waals surface area contributed by atoms with Gasteiger partial charge in [0.2, 0.25) is 0 Å². The van der Waals surface area contributed by atoms with Gasteiger partial charge in [0.05, 0.1) is 6.20 Å². The molecule has 0 aliphatic heterocycles. The van der Waals surface area contributed by atoms with Gasteiger partial charge in [0.15, 0.2) is 0 Å². The molecule has 0 amide bonds. The van der Waals surface area contributed by atoms with E-state index < -0.39 is 0 Å². The van der Waals surface area contributed by atoms with Gasteiger partial charge >= 0.3 is 0 Å². The van der Waals surface area contributed by atoms with Gasteiger partial charge in [-0.3, -0.25) is 4.40 Å². The molecule has 2 aromatic rings. The molecule has 0 N–H and O–H groups in total. The first-order valence-corrected chi connectivity index (χ1v) is 4.43. The van der Waals surface area contributed by atoms with Crippen LogP contribution in [0.15, 0.2) is 17.8 Å². The molecule has 2 nitrogen and oxygen atoms in total. The Hall–Kier alpha value is -0.480. The number of aromatic nitrogens is 2. The van der Waals surface area contributed by atoms with Crippen molar-refractivity contribution in [1.82, 2.24) is 9.38 Å². The lowest BCUT2D eigenvalue weighted by Crippen LogP contribution is -1.85. The normalized spacial score (nSPS) is 10.9. The first-order valence-electron chi connectivity index (χ1n) is 2.92. The maximum Gasteiger partial charge on any atom is 0.123 e. The van der Waals surface area contributed by atoms with E-state index in [1.165, 1.54) is 4.83 Å². The lowest BCUT2D eigenvalue weighted by atomic mass is 10.7. The van der Waals surface area contributed by atoms with Crippen molar-refractivity contribution < 1.29 is 0 Å². The monoisotopic (exact) mass is 170 g/mol. The number of thiazole rings is 1. The van der Waals surface area contributed by atoms with Crippen molar-refractivity contribution in [3.63, 3.8) is 0 Å². The molecule has 0 aliphatic rings. The summed E-state index contributed by atoms with van der Waals surface area (Å²) >= 11 is 5.84. The van der Waals surface area contributed by atoms with E-state index in [0.29, 0.717) is 5.75 Å². The molecule has 0 saturated carbocycles. The zero-order chi connectivity index (χ0) is 6.97. The van der Waals surface area contributed by atoms with Gasteiger partial charge in [-0.15, -0.1) is 11.3 Å².